The largest absolute Gasteiger partial charge is 0.493 e. The minimum Gasteiger partial charge on any atom is -0.493 e. The van der Waals surface area contributed by atoms with E-state index in [1.54, 1.807) is 38.6 Å². The Labute approximate surface area is 111 Å². The van der Waals surface area contributed by atoms with E-state index in [-0.39, 0.29) is 0 Å². The predicted molar refractivity (Wildman–Crippen MR) is 71.7 cm³/mol. The molecule has 0 bridgehead atoms. The molecule has 19 heavy (non-hydrogen) atoms. The number of nitrogens with two attached hydrogens (primary N) is 1. The second-order valence-electron chi connectivity index (χ2n) is 3.80. The predicted octanol–water partition coefficient (Wildman–Crippen LogP) is 2.35. The molecule has 0 aliphatic rings. The SMILES string of the molecule is COc1cccc(Oc2ccc(CN)cn2)c1OC. The third kappa shape index (κ3) is 2.95. The number of para-hydroxylation sites is 1. The van der Waals surface area contributed by atoms with E-state index >= 15 is 0 Å². The molecule has 0 atom stereocenters. The summed E-state index contributed by atoms with van der Waals surface area (Å²) in [5, 5.41) is 0. The molecule has 0 aliphatic carbocycles. The molecule has 0 amide bonds. The molecule has 0 saturated heterocycles. The van der Waals surface area contributed by atoms with Gasteiger partial charge in [0.05, 0.1) is 14.2 Å². The summed E-state index contributed by atoms with van der Waals surface area (Å²) in [4.78, 5) is 4.18. The number of ether oxygens (including phenoxy) is 3. The average Bonchev–Trinajstić information content (AvgIpc) is 2.47. The van der Waals surface area contributed by atoms with Crippen LogP contribution in [0.5, 0.6) is 23.1 Å². The van der Waals surface area contributed by atoms with Crippen molar-refractivity contribution in [2.45, 2.75) is 6.54 Å². The van der Waals surface area contributed by atoms with Gasteiger partial charge in [-0.25, -0.2) is 4.98 Å². The highest BCUT2D eigenvalue weighted by molar-refractivity contribution is 5.52. The fourth-order valence-electron chi connectivity index (χ4n) is 1.64. The van der Waals surface area contributed by atoms with E-state index in [0.717, 1.165) is 5.56 Å². The van der Waals surface area contributed by atoms with E-state index in [1.807, 2.05) is 12.1 Å². The highest BCUT2D eigenvalue weighted by atomic mass is 16.5. The highest BCUT2D eigenvalue weighted by Gasteiger charge is 2.11. The first kappa shape index (κ1) is 13.2. The van der Waals surface area contributed by atoms with Crippen molar-refractivity contribution >= 4 is 0 Å². The standard InChI is InChI=1S/C14H16N2O3/c1-17-11-4-3-5-12(14(11)18-2)19-13-7-6-10(8-15)9-16-13/h3-7,9H,8,15H2,1-2H3. The van der Waals surface area contributed by atoms with Crippen LogP contribution in [0.1, 0.15) is 5.56 Å². The average molecular weight is 260 g/mol. The lowest BCUT2D eigenvalue weighted by Crippen LogP contribution is -1.98. The fraction of sp³-hybridized carbons (Fsp3) is 0.214. The number of pyridine rings is 1. The van der Waals surface area contributed by atoms with Crippen LogP contribution in [0.3, 0.4) is 0 Å². The van der Waals surface area contributed by atoms with Crippen LogP contribution in [-0.2, 0) is 6.54 Å². The Balaban J connectivity index is 2.26. The Morgan fingerprint density at radius 3 is 2.42 bits per heavy atom. The van der Waals surface area contributed by atoms with Crippen LogP contribution in [0, 0.1) is 0 Å². The number of aromatic nitrogens is 1. The quantitative estimate of drug-likeness (QED) is 0.893. The van der Waals surface area contributed by atoms with Crippen LogP contribution < -0.4 is 19.9 Å². The molecule has 2 rings (SSSR count). The molecule has 1 aromatic carbocycles. The van der Waals surface area contributed by atoms with Crippen molar-refractivity contribution in [3.8, 4) is 23.1 Å². The molecular formula is C14H16N2O3. The Kier molecular flexibility index (Phi) is 4.20. The highest BCUT2D eigenvalue weighted by Crippen LogP contribution is 2.38. The van der Waals surface area contributed by atoms with E-state index in [1.165, 1.54) is 0 Å². The van der Waals surface area contributed by atoms with Gasteiger partial charge < -0.3 is 19.9 Å². The Bertz CT molecular complexity index is 541. The van der Waals surface area contributed by atoms with Gasteiger partial charge in [0.15, 0.2) is 11.5 Å². The summed E-state index contributed by atoms with van der Waals surface area (Å²) in [6.07, 6.45) is 1.68. The lowest BCUT2D eigenvalue weighted by atomic mass is 10.3. The van der Waals surface area contributed by atoms with Gasteiger partial charge in [0.2, 0.25) is 11.6 Å². The van der Waals surface area contributed by atoms with Crippen LogP contribution in [0.15, 0.2) is 36.5 Å². The van der Waals surface area contributed by atoms with Crippen molar-refractivity contribution in [3.63, 3.8) is 0 Å². The van der Waals surface area contributed by atoms with Gasteiger partial charge in [0.25, 0.3) is 0 Å². The van der Waals surface area contributed by atoms with Crippen LogP contribution in [0.25, 0.3) is 0 Å². The summed E-state index contributed by atoms with van der Waals surface area (Å²) in [6.45, 7) is 0.454. The van der Waals surface area contributed by atoms with Crippen LogP contribution in [-0.4, -0.2) is 19.2 Å². The molecule has 1 aromatic heterocycles. The smallest absolute Gasteiger partial charge is 0.219 e. The Hall–Kier alpha value is -2.27. The van der Waals surface area contributed by atoms with Crippen molar-refractivity contribution in [1.29, 1.82) is 0 Å². The molecule has 0 radical (unpaired) electrons. The molecule has 0 unspecified atom stereocenters. The maximum atomic E-state index is 5.69. The Morgan fingerprint density at radius 2 is 1.84 bits per heavy atom. The van der Waals surface area contributed by atoms with Gasteiger partial charge in [0.1, 0.15) is 0 Å². The van der Waals surface area contributed by atoms with E-state index in [9.17, 15) is 0 Å². The van der Waals surface area contributed by atoms with E-state index in [0.29, 0.717) is 29.7 Å². The van der Waals surface area contributed by atoms with Crippen LogP contribution in [0.4, 0.5) is 0 Å². The first-order valence-corrected chi connectivity index (χ1v) is 5.82. The zero-order chi connectivity index (χ0) is 13.7. The van der Waals surface area contributed by atoms with Gasteiger partial charge in [-0.15, -0.1) is 0 Å². The van der Waals surface area contributed by atoms with Gasteiger partial charge in [-0.3, -0.25) is 0 Å². The van der Waals surface area contributed by atoms with E-state index in [2.05, 4.69) is 4.98 Å². The molecule has 2 aromatic rings. The second kappa shape index (κ2) is 6.06. The van der Waals surface area contributed by atoms with Gasteiger partial charge >= 0.3 is 0 Å². The van der Waals surface area contributed by atoms with E-state index in [4.69, 9.17) is 19.9 Å². The molecule has 100 valence electrons. The van der Waals surface area contributed by atoms with Crippen LogP contribution >= 0.6 is 0 Å². The monoisotopic (exact) mass is 260 g/mol. The maximum Gasteiger partial charge on any atom is 0.219 e. The van der Waals surface area contributed by atoms with Gasteiger partial charge in [0, 0.05) is 18.8 Å². The molecular weight excluding hydrogens is 244 g/mol. The lowest BCUT2D eigenvalue weighted by molar-refractivity contribution is 0.334. The van der Waals surface area contributed by atoms with Crippen molar-refractivity contribution in [3.05, 3.63) is 42.1 Å². The summed E-state index contributed by atoms with van der Waals surface area (Å²) < 4.78 is 16.2. The zero-order valence-corrected chi connectivity index (χ0v) is 10.9. The maximum absolute atomic E-state index is 5.69. The number of benzene rings is 1. The second-order valence-corrected chi connectivity index (χ2v) is 3.80. The lowest BCUT2D eigenvalue weighted by Gasteiger charge is -2.12. The summed E-state index contributed by atoms with van der Waals surface area (Å²) >= 11 is 0. The topological polar surface area (TPSA) is 66.6 Å². The third-order valence-corrected chi connectivity index (χ3v) is 2.61. The minimum absolute atomic E-state index is 0.454. The summed E-state index contributed by atoms with van der Waals surface area (Å²) in [5.41, 5.74) is 6.47. The molecule has 2 N–H and O–H groups in total. The van der Waals surface area contributed by atoms with Crippen molar-refractivity contribution in [2.75, 3.05) is 14.2 Å². The number of nitrogens with zero attached hydrogens (tertiary/aromatic N) is 1. The Morgan fingerprint density at radius 1 is 1.05 bits per heavy atom. The number of hydrogen-bond acceptors (Lipinski definition) is 5. The van der Waals surface area contributed by atoms with Crippen molar-refractivity contribution in [1.82, 2.24) is 4.98 Å². The molecule has 0 saturated carbocycles. The number of methoxy groups -OCH3 is 2. The fourth-order valence-corrected chi connectivity index (χ4v) is 1.64. The third-order valence-electron chi connectivity index (χ3n) is 2.61. The molecule has 0 aliphatic heterocycles. The first-order valence-electron chi connectivity index (χ1n) is 5.82. The molecule has 5 nitrogen and oxygen atoms in total. The minimum atomic E-state index is 0.454. The van der Waals surface area contributed by atoms with Gasteiger partial charge in [-0.2, -0.15) is 0 Å². The van der Waals surface area contributed by atoms with E-state index < -0.39 is 0 Å². The number of rotatable bonds is 5. The van der Waals surface area contributed by atoms with Gasteiger partial charge in [-0.1, -0.05) is 12.1 Å². The summed E-state index contributed by atoms with van der Waals surface area (Å²) in [7, 11) is 3.14. The molecule has 0 fully saturated rings. The first-order chi connectivity index (χ1) is 9.28. The summed E-state index contributed by atoms with van der Waals surface area (Å²) in [5.74, 6) is 2.17. The zero-order valence-electron chi connectivity index (χ0n) is 10.9. The summed E-state index contributed by atoms with van der Waals surface area (Å²) in [6, 6.07) is 9.05. The normalized spacial score (nSPS) is 10.1. The van der Waals surface area contributed by atoms with Crippen LogP contribution in [0.2, 0.25) is 0 Å². The molecule has 1 heterocycles. The van der Waals surface area contributed by atoms with Crippen molar-refractivity contribution in [2.24, 2.45) is 5.73 Å². The molecule has 0 spiro atoms. The van der Waals surface area contributed by atoms with Crippen molar-refractivity contribution < 1.29 is 14.2 Å². The van der Waals surface area contributed by atoms with Gasteiger partial charge in [-0.05, 0) is 17.7 Å². The number of hydrogen-bond donors (Lipinski definition) is 1. The molecule has 5 heteroatoms.